The maximum Gasteiger partial charge on any atom is 0.119 e. The molecule has 0 amide bonds. The Kier molecular flexibility index (Phi) is 4.36. The normalized spacial score (nSPS) is 12.3. The lowest BCUT2D eigenvalue weighted by Gasteiger charge is -2.17. The molecule has 2 rings (SSSR count). The second-order valence-electron chi connectivity index (χ2n) is 4.00. The molecule has 96 valence electrons. The number of benzene rings is 1. The van der Waals surface area contributed by atoms with E-state index in [0.717, 1.165) is 18.0 Å². The highest BCUT2D eigenvalue weighted by Gasteiger charge is 2.13. The monoisotopic (exact) mass is 245 g/mol. The summed E-state index contributed by atoms with van der Waals surface area (Å²) in [5, 5.41) is 10.5. The SMILES string of the molecule is CCNC(c1ccc(OCC)cc1)c1ccn[nH]1. The van der Waals surface area contributed by atoms with Gasteiger partial charge < -0.3 is 10.1 Å². The highest BCUT2D eigenvalue weighted by atomic mass is 16.5. The van der Waals surface area contributed by atoms with Gasteiger partial charge in [0.05, 0.1) is 18.3 Å². The number of aromatic nitrogens is 2. The largest absolute Gasteiger partial charge is 0.494 e. The summed E-state index contributed by atoms with van der Waals surface area (Å²) < 4.78 is 5.45. The molecule has 1 unspecified atom stereocenters. The van der Waals surface area contributed by atoms with Gasteiger partial charge in [0, 0.05) is 6.20 Å². The van der Waals surface area contributed by atoms with Crippen molar-refractivity contribution < 1.29 is 4.74 Å². The van der Waals surface area contributed by atoms with Crippen LogP contribution in [0.5, 0.6) is 5.75 Å². The summed E-state index contributed by atoms with van der Waals surface area (Å²) in [6.45, 7) is 5.67. The summed E-state index contributed by atoms with van der Waals surface area (Å²) in [6.07, 6.45) is 1.77. The van der Waals surface area contributed by atoms with E-state index in [0.29, 0.717) is 6.61 Å². The first-order chi connectivity index (χ1) is 8.85. The van der Waals surface area contributed by atoms with Crippen molar-refractivity contribution in [2.45, 2.75) is 19.9 Å². The lowest BCUT2D eigenvalue weighted by molar-refractivity contribution is 0.340. The van der Waals surface area contributed by atoms with Crippen LogP contribution >= 0.6 is 0 Å². The molecule has 18 heavy (non-hydrogen) atoms. The Labute approximate surface area is 107 Å². The fourth-order valence-corrected chi connectivity index (χ4v) is 1.96. The van der Waals surface area contributed by atoms with Crippen LogP contribution in [0.25, 0.3) is 0 Å². The second-order valence-corrected chi connectivity index (χ2v) is 4.00. The number of nitrogens with one attached hydrogen (secondary N) is 2. The van der Waals surface area contributed by atoms with Crippen LogP contribution in [-0.2, 0) is 0 Å². The molecule has 0 aliphatic carbocycles. The number of nitrogens with zero attached hydrogens (tertiary/aromatic N) is 1. The van der Waals surface area contributed by atoms with E-state index < -0.39 is 0 Å². The molecule has 2 N–H and O–H groups in total. The van der Waals surface area contributed by atoms with E-state index >= 15 is 0 Å². The van der Waals surface area contributed by atoms with Crippen LogP contribution < -0.4 is 10.1 Å². The molecule has 1 aromatic carbocycles. The van der Waals surface area contributed by atoms with Crippen LogP contribution in [0.1, 0.15) is 31.1 Å². The summed E-state index contributed by atoms with van der Waals surface area (Å²) in [6, 6.07) is 10.3. The standard InChI is InChI=1S/C14H19N3O/c1-3-15-14(13-9-10-16-17-13)11-5-7-12(8-6-11)18-4-2/h5-10,14-15H,3-4H2,1-2H3,(H,16,17). The molecule has 4 heteroatoms. The van der Waals surface area contributed by atoms with Gasteiger partial charge in [-0.05, 0) is 37.2 Å². The van der Waals surface area contributed by atoms with Crippen LogP contribution in [0.15, 0.2) is 36.5 Å². The van der Waals surface area contributed by atoms with Crippen molar-refractivity contribution in [3.8, 4) is 5.75 Å². The van der Waals surface area contributed by atoms with Gasteiger partial charge in [-0.25, -0.2) is 0 Å². The summed E-state index contributed by atoms with van der Waals surface area (Å²) in [5.74, 6) is 0.904. The number of hydrogen-bond acceptors (Lipinski definition) is 3. The Hall–Kier alpha value is -1.81. The number of ether oxygens (including phenoxy) is 1. The number of H-pyrrole nitrogens is 1. The van der Waals surface area contributed by atoms with Crippen molar-refractivity contribution in [2.75, 3.05) is 13.2 Å². The third kappa shape index (κ3) is 2.90. The zero-order valence-corrected chi connectivity index (χ0v) is 10.8. The van der Waals surface area contributed by atoms with Crippen LogP contribution in [0.2, 0.25) is 0 Å². The predicted molar refractivity (Wildman–Crippen MR) is 71.7 cm³/mol. The van der Waals surface area contributed by atoms with Crippen molar-refractivity contribution >= 4 is 0 Å². The number of rotatable bonds is 6. The van der Waals surface area contributed by atoms with Crippen LogP contribution in [-0.4, -0.2) is 23.3 Å². The minimum Gasteiger partial charge on any atom is -0.494 e. The molecule has 0 spiro atoms. The molecule has 0 aliphatic heterocycles. The molecular weight excluding hydrogens is 226 g/mol. The molecule has 0 saturated carbocycles. The van der Waals surface area contributed by atoms with Crippen molar-refractivity contribution in [1.82, 2.24) is 15.5 Å². The molecule has 0 radical (unpaired) electrons. The molecule has 4 nitrogen and oxygen atoms in total. The Morgan fingerprint density at radius 2 is 2.00 bits per heavy atom. The van der Waals surface area contributed by atoms with E-state index in [-0.39, 0.29) is 6.04 Å². The van der Waals surface area contributed by atoms with Crippen molar-refractivity contribution in [1.29, 1.82) is 0 Å². The summed E-state index contributed by atoms with van der Waals surface area (Å²) >= 11 is 0. The van der Waals surface area contributed by atoms with Gasteiger partial charge in [-0.1, -0.05) is 19.1 Å². The topological polar surface area (TPSA) is 49.9 Å². The quantitative estimate of drug-likeness (QED) is 0.822. The van der Waals surface area contributed by atoms with E-state index in [1.807, 2.05) is 25.1 Å². The highest BCUT2D eigenvalue weighted by molar-refractivity contribution is 5.33. The average Bonchev–Trinajstić information content (AvgIpc) is 2.91. The lowest BCUT2D eigenvalue weighted by atomic mass is 10.0. The van der Waals surface area contributed by atoms with Crippen molar-refractivity contribution in [2.24, 2.45) is 0 Å². The third-order valence-electron chi connectivity index (χ3n) is 2.77. The minimum absolute atomic E-state index is 0.146. The molecular formula is C14H19N3O. The predicted octanol–water partition coefficient (Wildman–Crippen LogP) is 2.51. The molecule has 1 atom stereocenters. The van der Waals surface area contributed by atoms with Gasteiger partial charge in [0.15, 0.2) is 0 Å². The van der Waals surface area contributed by atoms with Crippen LogP contribution in [0.4, 0.5) is 0 Å². The molecule has 2 aromatic rings. The van der Waals surface area contributed by atoms with E-state index in [2.05, 4.69) is 34.6 Å². The highest BCUT2D eigenvalue weighted by Crippen LogP contribution is 2.22. The third-order valence-corrected chi connectivity index (χ3v) is 2.77. The average molecular weight is 245 g/mol. The van der Waals surface area contributed by atoms with E-state index in [9.17, 15) is 0 Å². The Morgan fingerprint density at radius 3 is 2.56 bits per heavy atom. The Balaban J connectivity index is 2.20. The van der Waals surface area contributed by atoms with Crippen molar-refractivity contribution in [3.63, 3.8) is 0 Å². The van der Waals surface area contributed by atoms with E-state index in [4.69, 9.17) is 4.74 Å². The molecule has 0 bridgehead atoms. The molecule has 0 fully saturated rings. The van der Waals surface area contributed by atoms with Gasteiger partial charge in [-0.3, -0.25) is 5.10 Å². The molecule has 0 aliphatic rings. The van der Waals surface area contributed by atoms with Gasteiger partial charge in [0.25, 0.3) is 0 Å². The molecule has 0 saturated heterocycles. The van der Waals surface area contributed by atoms with Gasteiger partial charge in [-0.2, -0.15) is 5.10 Å². The fraction of sp³-hybridized carbons (Fsp3) is 0.357. The fourth-order valence-electron chi connectivity index (χ4n) is 1.96. The Bertz CT molecular complexity index is 450. The smallest absolute Gasteiger partial charge is 0.119 e. The number of hydrogen-bond donors (Lipinski definition) is 2. The second kappa shape index (κ2) is 6.21. The van der Waals surface area contributed by atoms with Crippen molar-refractivity contribution in [3.05, 3.63) is 47.8 Å². The van der Waals surface area contributed by atoms with E-state index in [1.54, 1.807) is 6.20 Å². The first-order valence-corrected chi connectivity index (χ1v) is 6.30. The summed E-state index contributed by atoms with van der Waals surface area (Å²) in [7, 11) is 0. The maximum absolute atomic E-state index is 5.45. The van der Waals surface area contributed by atoms with Gasteiger partial charge in [-0.15, -0.1) is 0 Å². The first kappa shape index (κ1) is 12.6. The maximum atomic E-state index is 5.45. The molecule has 1 aromatic heterocycles. The van der Waals surface area contributed by atoms with E-state index in [1.165, 1.54) is 5.56 Å². The summed E-state index contributed by atoms with van der Waals surface area (Å²) in [5.41, 5.74) is 2.27. The van der Waals surface area contributed by atoms with Crippen LogP contribution in [0.3, 0.4) is 0 Å². The Morgan fingerprint density at radius 1 is 1.22 bits per heavy atom. The zero-order valence-electron chi connectivity index (χ0n) is 10.8. The van der Waals surface area contributed by atoms with Gasteiger partial charge in [0.1, 0.15) is 5.75 Å². The van der Waals surface area contributed by atoms with Gasteiger partial charge in [0.2, 0.25) is 0 Å². The first-order valence-electron chi connectivity index (χ1n) is 6.30. The summed E-state index contributed by atoms with van der Waals surface area (Å²) in [4.78, 5) is 0. The number of aromatic amines is 1. The lowest BCUT2D eigenvalue weighted by Crippen LogP contribution is -2.22. The van der Waals surface area contributed by atoms with Gasteiger partial charge >= 0.3 is 0 Å². The van der Waals surface area contributed by atoms with Crippen LogP contribution in [0, 0.1) is 0 Å². The molecule has 1 heterocycles. The zero-order chi connectivity index (χ0) is 12.8. The minimum atomic E-state index is 0.146.